The molecule has 90 valence electrons. The summed E-state index contributed by atoms with van der Waals surface area (Å²) < 4.78 is 23.2. The van der Waals surface area contributed by atoms with Crippen LogP contribution in [0.1, 0.15) is 13.8 Å². The minimum absolute atomic E-state index is 0.270. The van der Waals surface area contributed by atoms with Gasteiger partial charge in [-0.2, -0.15) is 0 Å². The van der Waals surface area contributed by atoms with Gasteiger partial charge in [-0.25, -0.2) is 4.39 Å². The van der Waals surface area contributed by atoms with Gasteiger partial charge in [0.25, 0.3) is 0 Å². The van der Waals surface area contributed by atoms with Gasteiger partial charge in [0.15, 0.2) is 0 Å². The standard InChI is InChI=1S/C12H18FNO2/c1-12(2,14)9-15-7-8-16-11-5-3-10(13)4-6-11/h3-6H,7-9,14H2,1-2H3. The Bertz CT molecular complexity index is 306. The largest absolute Gasteiger partial charge is 0.491 e. The highest BCUT2D eigenvalue weighted by molar-refractivity contribution is 5.21. The van der Waals surface area contributed by atoms with Crippen LogP contribution >= 0.6 is 0 Å². The molecule has 1 aromatic carbocycles. The number of hydrogen-bond acceptors (Lipinski definition) is 3. The third-order valence-electron chi connectivity index (χ3n) is 1.78. The number of nitrogens with two attached hydrogens (primary N) is 1. The summed E-state index contributed by atoms with van der Waals surface area (Å²) in [5.41, 5.74) is 5.41. The molecule has 0 saturated carbocycles. The Labute approximate surface area is 95.4 Å². The monoisotopic (exact) mass is 227 g/mol. The molecule has 2 N–H and O–H groups in total. The Balaban J connectivity index is 2.14. The highest BCUT2D eigenvalue weighted by atomic mass is 19.1. The van der Waals surface area contributed by atoms with E-state index in [2.05, 4.69) is 0 Å². The van der Waals surface area contributed by atoms with Crippen LogP contribution in [-0.4, -0.2) is 25.4 Å². The zero-order chi connectivity index (χ0) is 12.0. The molecule has 3 nitrogen and oxygen atoms in total. The van der Waals surface area contributed by atoms with Crippen molar-refractivity contribution in [1.82, 2.24) is 0 Å². The summed E-state index contributed by atoms with van der Waals surface area (Å²) in [7, 11) is 0. The van der Waals surface area contributed by atoms with E-state index in [0.717, 1.165) is 0 Å². The van der Waals surface area contributed by atoms with E-state index >= 15 is 0 Å². The van der Waals surface area contributed by atoms with E-state index < -0.39 is 0 Å². The van der Waals surface area contributed by atoms with Gasteiger partial charge in [-0.15, -0.1) is 0 Å². The molecule has 0 fully saturated rings. The molecule has 0 unspecified atom stereocenters. The van der Waals surface area contributed by atoms with E-state index in [1.54, 1.807) is 12.1 Å². The third-order valence-corrected chi connectivity index (χ3v) is 1.78. The van der Waals surface area contributed by atoms with Crippen LogP contribution in [0.5, 0.6) is 5.75 Å². The van der Waals surface area contributed by atoms with E-state index in [0.29, 0.717) is 25.6 Å². The average molecular weight is 227 g/mol. The zero-order valence-electron chi connectivity index (χ0n) is 9.70. The average Bonchev–Trinajstić information content (AvgIpc) is 2.19. The van der Waals surface area contributed by atoms with Gasteiger partial charge in [0.1, 0.15) is 18.2 Å². The number of rotatable bonds is 6. The van der Waals surface area contributed by atoms with Crippen molar-refractivity contribution in [1.29, 1.82) is 0 Å². The van der Waals surface area contributed by atoms with Gasteiger partial charge in [-0.05, 0) is 38.1 Å². The van der Waals surface area contributed by atoms with Crippen molar-refractivity contribution in [3.05, 3.63) is 30.1 Å². The van der Waals surface area contributed by atoms with Crippen LogP contribution in [0.3, 0.4) is 0 Å². The lowest BCUT2D eigenvalue weighted by Gasteiger charge is -2.18. The maximum absolute atomic E-state index is 12.6. The first-order valence-electron chi connectivity index (χ1n) is 5.22. The van der Waals surface area contributed by atoms with Crippen molar-refractivity contribution in [2.45, 2.75) is 19.4 Å². The van der Waals surface area contributed by atoms with E-state index in [1.165, 1.54) is 12.1 Å². The fraction of sp³-hybridized carbons (Fsp3) is 0.500. The van der Waals surface area contributed by atoms with Crippen LogP contribution in [-0.2, 0) is 4.74 Å². The maximum atomic E-state index is 12.6. The summed E-state index contributed by atoms with van der Waals surface area (Å²) in [4.78, 5) is 0. The van der Waals surface area contributed by atoms with Gasteiger partial charge in [0.05, 0.1) is 13.2 Å². The molecule has 0 radical (unpaired) electrons. The normalized spacial score (nSPS) is 11.5. The Morgan fingerprint density at radius 1 is 1.19 bits per heavy atom. The molecule has 4 heteroatoms. The predicted molar refractivity (Wildman–Crippen MR) is 61.0 cm³/mol. The molecule has 0 aliphatic rings. The van der Waals surface area contributed by atoms with Gasteiger partial charge >= 0.3 is 0 Å². The van der Waals surface area contributed by atoms with Crippen molar-refractivity contribution in [2.75, 3.05) is 19.8 Å². The summed E-state index contributed by atoms with van der Waals surface area (Å²) in [5.74, 6) is 0.366. The molecule has 0 bridgehead atoms. The molecule has 1 aromatic rings. The van der Waals surface area contributed by atoms with Crippen LogP contribution in [0.4, 0.5) is 4.39 Å². The lowest BCUT2D eigenvalue weighted by molar-refractivity contribution is 0.0724. The molecule has 0 spiro atoms. The summed E-state index contributed by atoms with van der Waals surface area (Å²) in [6, 6.07) is 5.89. The van der Waals surface area contributed by atoms with Crippen molar-refractivity contribution < 1.29 is 13.9 Å². The molecule has 0 saturated heterocycles. The SMILES string of the molecule is CC(C)(N)COCCOc1ccc(F)cc1. The highest BCUT2D eigenvalue weighted by Gasteiger charge is 2.09. The van der Waals surface area contributed by atoms with Crippen LogP contribution in [0.2, 0.25) is 0 Å². The van der Waals surface area contributed by atoms with Gasteiger partial charge in [-0.1, -0.05) is 0 Å². The summed E-state index contributed by atoms with van der Waals surface area (Å²) >= 11 is 0. The molecular weight excluding hydrogens is 209 g/mol. The number of benzene rings is 1. The van der Waals surface area contributed by atoms with Crippen molar-refractivity contribution in [3.8, 4) is 5.75 Å². The van der Waals surface area contributed by atoms with Gasteiger partial charge in [0.2, 0.25) is 0 Å². The second-order valence-electron chi connectivity index (χ2n) is 4.34. The van der Waals surface area contributed by atoms with Crippen molar-refractivity contribution >= 4 is 0 Å². The summed E-state index contributed by atoms with van der Waals surface area (Å²) in [6.07, 6.45) is 0. The quantitative estimate of drug-likeness (QED) is 0.755. The molecule has 0 heterocycles. The number of hydrogen-bond donors (Lipinski definition) is 1. The fourth-order valence-corrected chi connectivity index (χ4v) is 1.08. The Kier molecular flexibility index (Phi) is 4.71. The molecule has 0 aromatic heterocycles. The molecule has 1 rings (SSSR count). The smallest absolute Gasteiger partial charge is 0.123 e. The second kappa shape index (κ2) is 5.82. The maximum Gasteiger partial charge on any atom is 0.123 e. The summed E-state index contributed by atoms with van der Waals surface area (Å²) in [6.45, 7) is 5.18. The second-order valence-corrected chi connectivity index (χ2v) is 4.34. The zero-order valence-corrected chi connectivity index (χ0v) is 9.70. The van der Waals surface area contributed by atoms with Gasteiger partial charge in [-0.3, -0.25) is 0 Å². The first-order valence-corrected chi connectivity index (χ1v) is 5.22. The Morgan fingerprint density at radius 3 is 2.38 bits per heavy atom. The molecule has 0 atom stereocenters. The van der Waals surface area contributed by atoms with E-state index in [9.17, 15) is 4.39 Å². The minimum atomic E-state index is -0.324. The van der Waals surface area contributed by atoms with Crippen LogP contribution in [0.25, 0.3) is 0 Å². The lowest BCUT2D eigenvalue weighted by Crippen LogP contribution is -2.37. The van der Waals surface area contributed by atoms with Gasteiger partial charge in [0, 0.05) is 5.54 Å². The Hall–Kier alpha value is -1.13. The molecule has 0 amide bonds. The van der Waals surface area contributed by atoms with E-state index in [4.69, 9.17) is 15.2 Å². The van der Waals surface area contributed by atoms with Crippen LogP contribution < -0.4 is 10.5 Å². The predicted octanol–water partition coefficient (Wildman–Crippen LogP) is 1.96. The first-order chi connectivity index (χ1) is 7.47. The molecule has 0 aliphatic heterocycles. The molecule has 16 heavy (non-hydrogen) atoms. The third kappa shape index (κ3) is 5.68. The molecule has 0 aliphatic carbocycles. The van der Waals surface area contributed by atoms with E-state index in [1.807, 2.05) is 13.8 Å². The van der Waals surface area contributed by atoms with Crippen molar-refractivity contribution in [2.24, 2.45) is 5.73 Å². The van der Waals surface area contributed by atoms with E-state index in [-0.39, 0.29) is 11.4 Å². The Morgan fingerprint density at radius 2 is 1.81 bits per heavy atom. The van der Waals surface area contributed by atoms with Crippen LogP contribution in [0.15, 0.2) is 24.3 Å². The number of halogens is 1. The summed E-state index contributed by atoms with van der Waals surface area (Å²) in [5, 5.41) is 0. The molecular formula is C12H18FNO2. The fourth-order valence-electron chi connectivity index (χ4n) is 1.08. The lowest BCUT2D eigenvalue weighted by atomic mass is 10.1. The highest BCUT2D eigenvalue weighted by Crippen LogP contribution is 2.10. The van der Waals surface area contributed by atoms with Gasteiger partial charge < -0.3 is 15.2 Å². The topological polar surface area (TPSA) is 44.5 Å². The van der Waals surface area contributed by atoms with Crippen molar-refractivity contribution in [3.63, 3.8) is 0 Å². The van der Waals surface area contributed by atoms with Crippen LogP contribution in [0, 0.1) is 5.82 Å². The number of ether oxygens (including phenoxy) is 2. The minimum Gasteiger partial charge on any atom is -0.491 e. The first kappa shape index (κ1) is 12.9.